The van der Waals surface area contributed by atoms with Crippen molar-refractivity contribution < 1.29 is 47.5 Å². The highest BCUT2D eigenvalue weighted by Crippen LogP contribution is 2.55. The highest BCUT2D eigenvalue weighted by Gasteiger charge is 2.53. The third-order valence-corrected chi connectivity index (χ3v) is 24.8. The van der Waals surface area contributed by atoms with Gasteiger partial charge in [-0.3, -0.25) is 4.79 Å². The number of phenols is 1. The Morgan fingerprint density at radius 1 is 0.732 bits per heavy atom. The molecule has 71 heavy (non-hydrogen) atoms. The molecule has 0 saturated carbocycles. The summed E-state index contributed by atoms with van der Waals surface area (Å²) in [5.41, 5.74) is 3.85. The zero-order valence-electron chi connectivity index (χ0n) is 42.4. The number of carbonyl (C=O) groups excluding carboxylic acids is 1. The van der Waals surface area contributed by atoms with E-state index < -0.39 is 58.7 Å². The maximum Gasteiger partial charge on any atom is 0.312 e. The van der Waals surface area contributed by atoms with Crippen LogP contribution in [0, 0.1) is 11.8 Å². The first kappa shape index (κ1) is 51.9. The number of rotatable bonds is 17. The van der Waals surface area contributed by atoms with Gasteiger partial charge in [-0.05, 0) is 108 Å². The molecular formula is C58H67BrO10Si2. The fourth-order valence-electron chi connectivity index (χ4n) is 9.91. The van der Waals surface area contributed by atoms with Crippen molar-refractivity contribution in [3.63, 3.8) is 0 Å². The summed E-state index contributed by atoms with van der Waals surface area (Å²) >= 11 is 3.78. The Hall–Kier alpha value is -5.42. The van der Waals surface area contributed by atoms with Gasteiger partial charge < -0.3 is 42.7 Å². The Balaban J connectivity index is 1.21. The van der Waals surface area contributed by atoms with Gasteiger partial charge in [-0.25, -0.2) is 0 Å². The Labute approximate surface area is 429 Å². The zero-order chi connectivity index (χ0) is 50.9. The predicted molar refractivity (Wildman–Crippen MR) is 286 cm³/mol. The van der Waals surface area contributed by atoms with Crippen molar-refractivity contribution >= 4 is 48.9 Å². The fourth-order valence-corrected chi connectivity index (χ4v) is 16.3. The van der Waals surface area contributed by atoms with Crippen LogP contribution in [0.2, 0.25) is 23.2 Å². The molecule has 374 valence electrons. The Morgan fingerprint density at radius 2 is 1.35 bits per heavy atom. The number of methoxy groups -OCH3 is 2. The molecule has 13 heteroatoms. The lowest BCUT2D eigenvalue weighted by Gasteiger charge is -2.43. The molecule has 0 aromatic heterocycles. The third-order valence-electron chi connectivity index (χ3n) is 14.7. The number of ether oxygens (including phenoxy) is 5. The average Bonchev–Trinajstić information content (AvgIpc) is 3.92. The van der Waals surface area contributed by atoms with Gasteiger partial charge in [-0.15, -0.1) is 0 Å². The molecule has 1 unspecified atom stereocenters. The number of fused-ring (bicyclic) bond motifs is 1. The molecule has 6 atom stereocenters. The first-order valence-electron chi connectivity index (χ1n) is 24.3. The van der Waals surface area contributed by atoms with Gasteiger partial charge in [-0.1, -0.05) is 145 Å². The number of hydrogen-bond donors (Lipinski definition) is 2. The summed E-state index contributed by atoms with van der Waals surface area (Å²) in [5, 5.41) is 25.3. The Morgan fingerprint density at radius 3 is 1.93 bits per heavy atom. The van der Waals surface area contributed by atoms with E-state index in [1.54, 1.807) is 25.3 Å². The minimum absolute atomic E-state index is 0.00315. The molecule has 0 aliphatic carbocycles. The normalized spacial score (nSPS) is 19.1. The SMILES string of the molecule is COc1cc([C@H]2Oc3c(OC)cc(C(O)[C@H]4C(=O)OC[C@@H]4[C@@H](O[Si](C)(C)C(C)(C)C)c4ccc(OCc5ccccc5)c(Br)c4)cc3[C@@H]2CO[Si](c2ccccc2)(c2ccccc2)C(C)(C)C)ccc1O. The minimum atomic E-state index is -3.08. The van der Waals surface area contributed by atoms with Crippen molar-refractivity contribution in [1.29, 1.82) is 0 Å². The molecule has 2 heterocycles. The second-order valence-electron chi connectivity index (χ2n) is 21.2. The van der Waals surface area contributed by atoms with E-state index >= 15 is 0 Å². The molecule has 0 radical (unpaired) electrons. The molecule has 2 N–H and O–H groups in total. The van der Waals surface area contributed by atoms with Crippen LogP contribution in [-0.4, -0.2) is 60.3 Å². The second kappa shape index (κ2) is 21.0. The van der Waals surface area contributed by atoms with Gasteiger partial charge >= 0.3 is 5.97 Å². The summed E-state index contributed by atoms with van der Waals surface area (Å²) in [6.07, 6.45) is -2.58. The molecular weight excluding hydrogens is 993 g/mol. The van der Waals surface area contributed by atoms with Crippen molar-refractivity contribution in [3.8, 4) is 28.7 Å². The highest BCUT2D eigenvalue weighted by atomic mass is 79.9. The summed E-state index contributed by atoms with van der Waals surface area (Å²) in [6, 6.07) is 45.7. The molecule has 0 spiro atoms. The predicted octanol–water partition coefficient (Wildman–Crippen LogP) is 12.1. The highest BCUT2D eigenvalue weighted by molar-refractivity contribution is 9.10. The lowest BCUT2D eigenvalue weighted by molar-refractivity contribution is -0.144. The number of aliphatic hydroxyl groups is 1. The van der Waals surface area contributed by atoms with E-state index in [9.17, 15) is 15.0 Å². The van der Waals surface area contributed by atoms with Crippen LogP contribution in [0.25, 0.3) is 0 Å². The van der Waals surface area contributed by atoms with Crippen LogP contribution < -0.4 is 29.3 Å². The number of phenolic OH excluding ortho intramolecular Hbond substituents is 1. The second-order valence-corrected chi connectivity index (χ2v) is 31.1. The molecule has 1 saturated heterocycles. The van der Waals surface area contributed by atoms with Gasteiger partial charge in [0.05, 0.1) is 49.3 Å². The molecule has 8 rings (SSSR count). The average molecular weight is 1060 g/mol. The number of hydrogen-bond acceptors (Lipinski definition) is 10. The van der Waals surface area contributed by atoms with E-state index in [-0.39, 0.29) is 29.0 Å². The summed E-state index contributed by atoms with van der Waals surface area (Å²) < 4.78 is 46.5. The smallest absolute Gasteiger partial charge is 0.312 e. The Kier molecular flexibility index (Phi) is 15.3. The maximum atomic E-state index is 14.2. The molecule has 1 fully saturated rings. The van der Waals surface area contributed by atoms with Gasteiger partial charge in [0.25, 0.3) is 8.32 Å². The lowest BCUT2D eigenvalue weighted by atomic mass is 9.80. The van der Waals surface area contributed by atoms with Crippen LogP contribution in [0.4, 0.5) is 0 Å². The minimum Gasteiger partial charge on any atom is -0.504 e. The number of benzene rings is 6. The monoisotopic (exact) mass is 1060 g/mol. The van der Waals surface area contributed by atoms with Crippen LogP contribution in [-0.2, 0) is 25.0 Å². The van der Waals surface area contributed by atoms with Crippen LogP contribution in [0.1, 0.15) is 93.6 Å². The molecule has 2 aliphatic rings. The lowest BCUT2D eigenvalue weighted by Crippen LogP contribution is -2.66. The standard InChI is InChI=1S/C58H67BrO10Si2/c1-57(2,3)70(9,10)69-54(38-27-29-48(46(59)31-38)65-34-37-20-14-11-15-21-37)45-35-66-56(62)51(45)52(61)40-30-43-44(53(68-55(43)50(33-40)64-8)39-26-28-47(60)49(32-39)63-7)36-67-71(58(4,5)6,41-22-16-12-17-23-41)42-24-18-13-19-25-42/h11-33,44-45,51-54,60-61H,34-36H2,1-10H3/t44-,45-,51-,52?,53+,54-/m0/s1. The van der Waals surface area contributed by atoms with Gasteiger partial charge in [0.2, 0.25) is 0 Å². The number of cyclic esters (lactones) is 1. The molecule has 0 bridgehead atoms. The number of halogens is 1. The summed E-state index contributed by atoms with van der Waals surface area (Å²) in [5.74, 6) is -0.672. The van der Waals surface area contributed by atoms with E-state index in [1.807, 2.05) is 72.8 Å². The van der Waals surface area contributed by atoms with E-state index in [1.165, 1.54) is 7.11 Å². The largest absolute Gasteiger partial charge is 0.504 e. The maximum absolute atomic E-state index is 14.2. The Bertz CT molecular complexity index is 2760. The van der Waals surface area contributed by atoms with Crippen LogP contribution >= 0.6 is 15.9 Å². The van der Waals surface area contributed by atoms with Crippen molar-refractivity contribution in [2.45, 2.75) is 95.5 Å². The van der Waals surface area contributed by atoms with Crippen molar-refractivity contribution in [1.82, 2.24) is 0 Å². The third kappa shape index (κ3) is 10.5. The van der Waals surface area contributed by atoms with Gasteiger partial charge in [0.1, 0.15) is 18.5 Å². The van der Waals surface area contributed by atoms with Crippen LogP contribution in [0.15, 0.2) is 144 Å². The van der Waals surface area contributed by atoms with Crippen molar-refractivity contribution in [2.75, 3.05) is 27.4 Å². The molecule has 10 nitrogen and oxygen atoms in total. The molecule has 0 amide bonds. The number of aliphatic hydroxyl groups excluding tert-OH is 1. The number of carbonyl (C=O) groups is 1. The number of esters is 1. The quantitative estimate of drug-likeness (QED) is 0.0674. The van der Waals surface area contributed by atoms with Gasteiger partial charge in [0, 0.05) is 18.1 Å². The van der Waals surface area contributed by atoms with Crippen LogP contribution in [0.3, 0.4) is 0 Å². The first-order valence-corrected chi connectivity index (χ1v) is 29.9. The molecule has 2 aliphatic heterocycles. The molecule has 6 aromatic carbocycles. The van der Waals surface area contributed by atoms with Crippen molar-refractivity contribution in [3.05, 3.63) is 172 Å². The first-order chi connectivity index (χ1) is 33.8. The van der Waals surface area contributed by atoms with Gasteiger partial charge in [0.15, 0.2) is 31.3 Å². The topological polar surface area (TPSA) is 122 Å². The van der Waals surface area contributed by atoms with Gasteiger partial charge in [-0.2, -0.15) is 0 Å². The summed E-state index contributed by atoms with van der Waals surface area (Å²) in [6.45, 7) is 18.3. The van der Waals surface area contributed by atoms with E-state index in [2.05, 4.69) is 119 Å². The summed E-state index contributed by atoms with van der Waals surface area (Å²) in [4.78, 5) is 14.2. The van der Waals surface area contributed by atoms with E-state index in [4.69, 9.17) is 32.5 Å². The molecule has 6 aromatic rings. The van der Waals surface area contributed by atoms with Crippen molar-refractivity contribution in [2.24, 2.45) is 11.8 Å². The fraction of sp³-hybridized carbons (Fsp3) is 0.362. The summed E-state index contributed by atoms with van der Waals surface area (Å²) in [7, 11) is -2.51. The van der Waals surface area contributed by atoms with E-state index in [0.717, 1.165) is 37.1 Å². The zero-order valence-corrected chi connectivity index (χ0v) is 46.0. The van der Waals surface area contributed by atoms with E-state index in [0.29, 0.717) is 35.2 Å². The number of aromatic hydroxyl groups is 1. The van der Waals surface area contributed by atoms with Crippen LogP contribution in [0.5, 0.6) is 28.7 Å².